The van der Waals surface area contributed by atoms with E-state index in [1.165, 1.54) is 12.1 Å². The van der Waals surface area contributed by atoms with Gasteiger partial charge in [0.2, 0.25) is 0 Å². The van der Waals surface area contributed by atoms with Gasteiger partial charge in [-0.1, -0.05) is 53.0 Å². The first-order valence-electron chi connectivity index (χ1n) is 11.0. The van der Waals surface area contributed by atoms with Crippen LogP contribution in [0.15, 0.2) is 72.8 Å². The maximum absolute atomic E-state index is 12.8. The highest BCUT2D eigenvalue weighted by atomic mass is 35.5. The summed E-state index contributed by atoms with van der Waals surface area (Å²) in [6.07, 6.45) is 3.73. The lowest BCUT2D eigenvalue weighted by atomic mass is 10.0. The maximum atomic E-state index is 12.8. The van der Waals surface area contributed by atoms with Crippen molar-refractivity contribution in [2.75, 3.05) is 11.9 Å². The van der Waals surface area contributed by atoms with Crippen LogP contribution in [0.25, 0.3) is 6.08 Å². The Hall–Kier alpha value is -3.43. The summed E-state index contributed by atoms with van der Waals surface area (Å²) in [5, 5.41) is 13.6. The van der Waals surface area contributed by atoms with Gasteiger partial charge in [-0.05, 0) is 73.0 Å². The zero-order valence-electron chi connectivity index (χ0n) is 19.5. The average Bonchev–Trinajstić information content (AvgIpc) is 2.85. The van der Waals surface area contributed by atoms with E-state index in [0.717, 1.165) is 11.1 Å². The molecule has 3 rings (SSSR count). The van der Waals surface area contributed by atoms with Crippen LogP contribution in [-0.2, 0) is 17.8 Å². The van der Waals surface area contributed by atoms with Crippen LogP contribution in [0.5, 0.6) is 11.5 Å². The molecule has 0 saturated carbocycles. The quantitative estimate of drug-likeness (QED) is 0.161. The first-order chi connectivity index (χ1) is 17.3. The third-order valence-electron chi connectivity index (χ3n) is 4.97. The second kappa shape index (κ2) is 13.0. The van der Waals surface area contributed by atoms with E-state index < -0.39 is 5.91 Å². The molecular weight excluding hydrogens is 519 g/mol. The Morgan fingerprint density at radius 1 is 1.06 bits per heavy atom. The van der Waals surface area contributed by atoms with Crippen LogP contribution < -0.4 is 14.8 Å². The first-order valence-corrected chi connectivity index (χ1v) is 12.1. The fraction of sp³-hybridized carbons (Fsp3) is 0.143. The smallest absolute Gasteiger partial charge is 0.266 e. The molecular formula is C28H23Cl3N2O3. The van der Waals surface area contributed by atoms with Crippen molar-refractivity contribution >= 4 is 52.5 Å². The van der Waals surface area contributed by atoms with Crippen molar-refractivity contribution in [3.63, 3.8) is 0 Å². The molecule has 0 radical (unpaired) electrons. The van der Waals surface area contributed by atoms with Gasteiger partial charge in [0.25, 0.3) is 5.91 Å². The summed E-state index contributed by atoms with van der Waals surface area (Å²) in [5.74, 6) is 0.490. The van der Waals surface area contributed by atoms with Gasteiger partial charge >= 0.3 is 0 Å². The number of ether oxygens (including phenoxy) is 2. The summed E-state index contributed by atoms with van der Waals surface area (Å²) in [4.78, 5) is 12.8. The highest BCUT2D eigenvalue weighted by molar-refractivity contribution is 6.42. The molecule has 0 aliphatic rings. The van der Waals surface area contributed by atoms with Crippen LogP contribution in [-0.4, -0.2) is 12.5 Å². The molecule has 3 aromatic carbocycles. The number of allylic oxidation sites excluding steroid dienone is 1. The van der Waals surface area contributed by atoms with Gasteiger partial charge in [-0.15, -0.1) is 6.58 Å². The minimum absolute atomic E-state index is 0.0945. The van der Waals surface area contributed by atoms with Crippen molar-refractivity contribution in [3.8, 4) is 17.6 Å². The number of rotatable bonds is 10. The molecule has 0 atom stereocenters. The number of hydrogen-bond acceptors (Lipinski definition) is 4. The molecule has 8 heteroatoms. The molecule has 0 fully saturated rings. The van der Waals surface area contributed by atoms with Gasteiger partial charge in [0.15, 0.2) is 11.5 Å². The highest BCUT2D eigenvalue weighted by Crippen LogP contribution is 2.35. The van der Waals surface area contributed by atoms with Crippen molar-refractivity contribution in [1.29, 1.82) is 5.26 Å². The SMILES string of the molecule is C=CCc1cc(/C=C(\C#N)C(=O)Nc2ccc(Cl)c(Cl)c2)cc(OCC)c1OCc1ccc(Cl)cc1. The standard InChI is InChI=1S/C28H23Cl3N2O3/c1-3-5-20-12-19(13-21(16-32)28(34)33-23-10-11-24(30)25(31)15-23)14-26(35-4-2)27(20)36-17-18-6-8-22(29)9-7-18/h3,6-15H,1,4-5,17H2,2H3,(H,33,34)/b21-13+. The average molecular weight is 542 g/mol. The van der Waals surface area contributed by atoms with E-state index in [-0.39, 0.29) is 5.57 Å². The van der Waals surface area contributed by atoms with Crippen molar-refractivity contribution < 1.29 is 14.3 Å². The monoisotopic (exact) mass is 540 g/mol. The van der Waals surface area contributed by atoms with Crippen LogP contribution in [0, 0.1) is 11.3 Å². The normalized spacial score (nSPS) is 10.9. The van der Waals surface area contributed by atoms with Crippen LogP contribution in [0.4, 0.5) is 5.69 Å². The zero-order chi connectivity index (χ0) is 26.1. The predicted molar refractivity (Wildman–Crippen MR) is 146 cm³/mol. The van der Waals surface area contributed by atoms with Crippen molar-refractivity contribution in [3.05, 3.63) is 105 Å². The fourth-order valence-electron chi connectivity index (χ4n) is 3.32. The Balaban J connectivity index is 1.92. The van der Waals surface area contributed by atoms with Gasteiger partial charge in [0, 0.05) is 16.3 Å². The Kier molecular flexibility index (Phi) is 9.84. The predicted octanol–water partition coefficient (Wildman–Crippen LogP) is 7.90. The lowest BCUT2D eigenvalue weighted by Gasteiger charge is -2.17. The van der Waals surface area contributed by atoms with Gasteiger partial charge in [0.1, 0.15) is 18.2 Å². The number of hydrogen-bond donors (Lipinski definition) is 1. The van der Waals surface area contributed by atoms with Crippen LogP contribution in [0.3, 0.4) is 0 Å². The Morgan fingerprint density at radius 2 is 1.81 bits per heavy atom. The molecule has 184 valence electrons. The van der Waals surface area contributed by atoms with E-state index in [9.17, 15) is 10.1 Å². The number of carbonyl (C=O) groups excluding carboxylic acids is 1. The minimum atomic E-state index is -0.581. The summed E-state index contributed by atoms with van der Waals surface area (Å²) < 4.78 is 12.0. The molecule has 36 heavy (non-hydrogen) atoms. The summed E-state index contributed by atoms with van der Waals surface area (Å²) in [6, 6.07) is 17.6. The first kappa shape index (κ1) is 27.2. The molecule has 0 spiro atoms. The third kappa shape index (κ3) is 7.29. The van der Waals surface area contributed by atoms with Gasteiger partial charge in [-0.3, -0.25) is 4.79 Å². The summed E-state index contributed by atoms with van der Waals surface area (Å²) >= 11 is 17.9. The van der Waals surface area contributed by atoms with Gasteiger partial charge < -0.3 is 14.8 Å². The number of nitrogens with zero attached hydrogens (tertiary/aromatic N) is 1. The van der Waals surface area contributed by atoms with Crippen molar-refractivity contribution in [2.24, 2.45) is 0 Å². The van der Waals surface area contributed by atoms with E-state index in [4.69, 9.17) is 44.3 Å². The molecule has 1 N–H and O–H groups in total. The number of amides is 1. The van der Waals surface area contributed by atoms with Crippen LogP contribution in [0.1, 0.15) is 23.6 Å². The number of nitrogens with one attached hydrogen (secondary N) is 1. The van der Waals surface area contributed by atoms with E-state index in [2.05, 4.69) is 11.9 Å². The fourth-order valence-corrected chi connectivity index (χ4v) is 3.75. The largest absolute Gasteiger partial charge is 0.490 e. The lowest BCUT2D eigenvalue weighted by Crippen LogP contribution is -2.13. The Bertz CT molecular complexity index is 1330. The molecule has 0 aliphatic carbocycles. The number of carbonyl (C=O) groups is 1. The number of halogens is 3. The van der Waals surface area contributed by atoms with E-state index in [1.807, 2.05) is 31.2 Å². The maximum Gasteiger partial charge on any atom is 0.266 e. The molecule has 0 saturated heterocycles. The minimum Gasteiger partial charge on any atom is -0.490 e. The second-order valence-electron chi connectivity index (χ2n) is 7.60. The zero-order valence-corrected chi connectivity index (χ0v) is 21.8. The van der Waals surface area contributed by atoms with Gasteiger partial charge in [0.05, 0.1) is 16.7 Å². The van der Waals surface area contributed by atoms with Gasteiger partial charge in [-0.25, -0.2) is 0 Å². The molecule has 0 aliphatic heterocycles. The summed E-state index contributed by atoms with van der Waals surface area (Å²) in [7, 11) is 0. The molecule has 0 aromatic heterocycles. The molecule has 3 aromatic rings. The summed E-state index contributed by atoms with van der Waals surface area (Å²) in [5.41, 5.74) is 2.68. The number of anilines is 1. The van der Waals surface area contributed by atoms with E-state index >= 15 is 0 Å². The second-order valence-corrected chi connectivity index (χ2v) is 8.85. The van der Waals surface area contributed by atoms with E-state index in [1.54, 1.807) is 36.4 Å². The molecule has 1 amide bonds. The molecule has 0 heterocycles. The van der Waals surface area contributed by atoms with Gasteiger partial charge in [-0.2, -0.15) is 5.26 Å². The molecule has 5 nitrogen and oxygen atoms in total. The Labute approximate surface area is 225 Å². The third-order valence-corrected chi connectivity index (χ3v) is 5.96. The van der Waals surface area contributed by atoms with E-state index in [0.29, 0.717) is 57.5 Å². The topological polar surface area (TPSA) is 71.4 Å². The van der Waals surface area contributed by atoms with Crippen LogP contribution >= 0.6 is 34.8 Å². The van der Waals surface area contributed by atoms with Crippen molar-refractivity contribution in [2.45, 2.75) is 20.0 Å². The summed E-state index contributed by atoms with van der Waals surface area (Å²) in [6.45, 7) is 6.41. The number of nitriles is 1. The molecule has 0 unspecified atom stereocenters. The molecule has 0 bridgehead atoms. The number of benzene rings is 3. The van der Waals surface area contributed by atoms with Crippen LogP contribution in [0.2, 0.25) is 15.1 Å². The lowest BCUT2D eigenvalue weighted by molar-refractivity contribution is -0.112. The Morgan fingerprint density at radius 3 is 2.44 bits per heavy atom. The highest BCUT2D eigenvalue weighted by Gasteiger charge is 2.16. The van der Waals surface area contributed by atoms with Crippen molar-refractivity contribution in [1.82, 2.24) is 0 Å².